The Bertz CT molecular complexity index is 952. The maximum atomic E-state index is 12.9. The minimum atomic E-state index is -3.06. The molecule has 2 heterocycles. The van der Waals surface area contributed by atoms with Gasteiger partial charge in [-0.1, -0.05) is 23.7 Å². The SMILES string of the molecule is O=C(Nc1ccccc1Cl)c1c2c(nn1C1CCS(=O)(=O)C1)CCC2. The number of fused-ring (bicyclic) bond motifs is 1. The van der Waals surface area contributed by atoms with Crippen molar-refractivity contribution in [3.05, 3.63) is 46.2 Å². The largest absolute Gasteiger partial charge is 0.319 e. The molecule has 8 heteroatoms. The molecule has 0 spiro atoms. The van der Waals surface area contributed by atoms with Gasteiger partial charge in [-0.15, -0.1) is 0 Å². The molecule has 6 nitrogen and oxygen atoms in total. The van der Waals surface area contributed by atoms with Crippen molar-refractivity contribution in [3.8, 4) is 0 Å². The molecular weight excluding hydrogens is 362 g/mol. The second-order valence-electron chi connectivity index (χ2n) is 6.56. The van der Waals surface area contributed by atoms with Crippen molar-refractivity contribution in [2.24, 2.45) is 0 Å². The van der Waals surface area contributed by atoms with Crippen LogP contribution in [-0.2, 0) is 22.7 Å². The minimum absolute atomic E-state index is 0.0416. The van der Waals surface area contributed by atoms with E-state index in [9.17, 15) is 13.2 Å². The number of benzene rings is 1. The number of amides is 1. The molecule has 1 aromatic carbocycles. The topological polar surface area (TPSA) is 81.1 Å². The number of aryl methyl sites for hydroxylation is 1. The number of carbonyl (C=O) groups excluding carboxylic acids is 1. The fourth-order valence-corrected chi connectivity index (χ4v) is 5.50. The number of sulfone groups is 1. The van der Waals surface area contributed by atoms with E-state index in [0.717, 1.165) is 30.5 Å². The van der Waals surface area contributed by atoms with E-state index in [4.69, 9.17) is 11.6 Å². The molecule has 1 aliphatic heterocycles. The summed E-state index contributed by atoms with van der Waals surface area (Å²) < 4.78 is 25.3. The first-order valence-electron chi connectivity index (χ1n) is 8.31. The zero-order valence-electron chi connectivity index (χ0n) is 13.5. The van der Waals surface area contributed by atoms with Crippen molar-refractivity contribution >= 4 is 33.0 Å². The van der Waals surface area contributed by atoms with Crippen LogP contribution in [0.4, 0.5) is 5.69 Å². The van der Waals surface area contributed by atoms with Crippen LogP contribution in [0.2, 0.25) is 5.02 Å². The number of nitrogens with zero attached hydrogens (tertiary/aromatic N) is 2. The smallest absolute Gasteiger partial charge is 0.274 e. The number of halogens is 1. The van der Waals surface area contributed by atoms with Gasteiger partial charge in [0.15, 0.2) is 9.84 Å². The molecule has 2 aromatic rings. The Morgan fingerprint density at radius 1 is 1.28 bits per heavy atom. The van der Waals surface area contributed by atoms with Crippen molar-refractivity contribution in [2.75, 3.05) is 16.8 Å². The highest BCUT2D eigenvalue weighted by Gasteiger charge is 2.35. The normalized spacial score (nSPS) is 21.2. The molecule has 25 heavy (non-hydrogen) atoms. The quantitative estimate of drug-likeness (QED) is 0.888. The van der Waals surface area contributed by atoms with E-state index >= 15 is 0 Å². The average Bonchev–Trinajstić information content (AvgIpc) is 3.22. The fraction of sp³-hybridized carbons (Fsp3) is 0.412. The highest BCUT2D eigenvalue weighted by Crippen LogP contribution is 2.32. The van der Waals surface area contributed by atoms with Crippen molar-refractivity contribution in [3.63, 3.8) is 0 Å². The number of carbonyl (C=O) groups is 1. The van der Waals surface area contributed by atoms with Gasteiger partial charge in [0.05, 0.1) is 34.0 Å². The molecule has 0 saturated carbocycles. The molecule has 1 aliphatic carbocycles. The van der Waals surface area contributed by atoms with Gasteiger partial charge in [-0.3, -0.25) is 9.48 Å². The lowest BCUT2D eigenvalue weighted by atomic mass is 10.1. The molecule has 1 amide bonds. The van der Waals surface area contributed by atoms with Gasteiger partial charge in [0, 0.05) is 5.56 Å². The Balaban J connectivity index is 1.71. The van der Waals surface area contributed by atoms with E-state index in [1.54, 1.807) is 28.9 Å². The number of hydrogen-bond acceptors (Lipinski definition) is 4. The zero-order valence-corrected chi connectivity index (χ0v) is 15.1. The Morgan fingerprint density at radius 2 is 2.08 bits per heavy atom. The standard InChI is InChI=1S/C17H18ClN3O3S/c18-13-5-1-2-6-15(13)19-17(22)16-12-4-3-7-14(12)20-21(16)11-8-9-25(23,24)10-11/h1-2,5-6,11H,3-4,7-10H2,(H,19,22). The van der Waals surface area contributed by atoms with E-state index in [2.05, 4.69) is 10.4 Å². The molecule has 0 radical (unpaired) electrons. The van der Waals surface area contributed by atoms with Gasteiger partial charge >= 0.3 is 0 Å². The summed E-state index contributed by atoms with van der Waals surface area (Å²) in [6.45, 7) is 0. The molecule has 1 aromatic heterocycles. The van der Waals surface area contributed by atoms with Crippen molar-refractivity contribution in [1.82, 2.24) is 9.78 Å². The van der Waals surface area contributed by atoms with E-state index in [1.807, 2.05) is 0 Å². The van der Waals surface area contributed by atoms with Gasteiger partial charge in [0.25, 0.3) is 5.91 Å². The van der Waals surface area contributed by atoms with Gasteiger partial charge in [-0.05, 0) is 37.8 Å². The van der Waals surface area contributed by atoms with Crippen molar-refractivity contribution in [2.45, 2.75) is 31.7 Å². The molecule has 132 valence electrons. The van der Waals surface area contributed by atoms with E-state index in [1.165, 1.54) is 0 Å². The first-order chi connectivity index (χ1) is 11.9. The van der Waals surface area contributed by atoms with Crippen LogP contribution >= 0.6 is 11.6 Å². The highest BCUT2D eigenvalue weighted by molar-refractivity contribution is 7.91. The summed E-state index contributed by atoms with van der Waals surface area (Å²) >= 11 is 6.13. The maximum Gasteiger partial charge on any atom is 0.274 e. The molecule has 2 aliphatic rings. The first-order valence-corrected chi connectivity index (χ1v) is 10.5. The van der Waals surface area contributed by atoms with Crippen LogP contribution in [0.1, 0.15) is 40.6 Å². The number of rotatable bonds is 3. The second kappa shape index (κ2) is 6.14. The molecular formula is C17H18ClN3O3S. The van der Waals surface area contributed by atoms with E-state index in [-0.39, 0.29) is 23.5 Å². The molecule has 0 bridgehead atoms. The average molecular weight is 380 g/mol. The van der Waals surface area contributed by atoms with E-state index in [0.29, 0.717) is 22.8 Å². The van der Waals surface area contributed by atoms with Gasteiger partial charge in [-0.25, -0.2) is 8.42 Å². The third kappa shape index (κ3) is 3.06. The lowest BCUT2D eigenvalue weighted by Crippen LogP contribution is -2.23. The van der Waals surface area contributed by atoms with Crippen LogP contribution < -0.4 is 5.32 Å². The first kappa shape index (κ1) is 16.6. The number of aromatic nitrogens is 2. The molecule has 1 fully saturated rings. The number of para-hydroxylation sites is 1. The monoisotopic (exact) mass is 379 g/mol. The van der Waals surface area contributed by atoms with Gasteiger partial charge in [-0.2, -0.15) is 5.10 Å². The van der Waals surface area contributed by atoms with Crippen LogP contribution in [0.15, 0.2) is 24.3 Å². The predicted molar refractivity (Wildman–Crippen MR) is 96.0 cm³/mol. The Labute approximate surface area is 151 Å². The van der Waals surface area contributed by atoms with Gasteiger partial charge in [0.2, 0.25) is 0 Å². The summed E-state index contributed by atoms with van der Waals surface area (Å²) in [5, 5.41) is 7.89. The zero-order chi connectivity index (χ0) is 17.6. The second-order valence-corrected chi connectivity index (χ2v) is 9.20. The van der Waals surface area contributed by atoms with Crippen molar-refractivity contribution < 1.29 is 13.2 Å². The lowest BCUT2D eigenvalue weighted by Gasteiger charge is -2.15. The summed E-state index contributed by atoms with van der Waals surface area (Å²) in [6, 6.07) is 6.77. The summed E-state index contributed by atoms with van der Waals surface area (Å²) in [6.07, 6.45) is 3.08. The Morgan fingerprint density at radius 3 is 2.80 bits per heavy atom. The molecule has 1 N–H and O–H groups in total. The summed E-state index contributed by atoms with van der Waals surface area (Å²) in [5.74, 6) is -0.0960. The summed E-state index contributed by atoms with van der Waals surface area (Å²) in [7, 11) is -3.06. The van der Waals surface area contributed by atoms with Gasteiger partial charge in [0.1, 0.15) is 5.69 Å². The van der Waals surface area contributed by atoms with Crippen LogP contribution in [0.25, 0.3) is 0 Å². The minimum Gasteiger partial charge on any atom is -0.319 e. The number of anilines is 1. The predicted octanol–water partition coefficient (Wildman–Crippen LogP) is 2.64. The van der Waals surface area contributed by atoms with Crippen LogP contribution in [0, 0.1) is 0 Å². The Kier molecular flexibility index (Phi) is 4.08. The molecule has 4 rings (SSSR count). The van der Waals surface area contributed by atoms with Crippen LogP contribution in [0.5, 0.6) is 0 Å². The molecule has 1 atom stereocenters. The van der Waals surface area contributed by atoms with Crippen LogP contribution in [-0.4, -0.2) is 35.6 Å². The molecule has 1 saturated heterocycles. The molecule has 1 unspecified atom stereocenters. The lowest BCUT2D eigenvalue weighted by molar-refractivity contribution is 0.101. The third-order valence-electron chi connectivity index (χ3n) is 4.82. The number of hydrogen-bond donors (Lipinski definition) is 1. The summed E-state index contributed by atoms with van der Waals surface area (Å²) in [4.78, 5) is 12.9. The fourth-order valence-electron chi connectivity index (χ4n) is 3.63. The van der Waals surface area contributed by atoms with Crippen LogP contribution in [0.3, 0.4) is 0 Å². The summed E-state index contributed by atoms with van der Waals surface area (Å²) in [5.41, 5.74) is 2.87. The Hall–Kier alpha value is -1.86. The highest BCUT2D eigenvalue weighted by atomic mass is 35.5. The maximum absolute atomic E-state index is 12.9. The van der Waals surface area contributed by atoms with Gasteiger partial charge < -0.3 is 5.32 Å². The third-order valence-corrected chi connectivity index (χ3v) is 6.90. The number of nitrogens with one attached hydrogen (secondary N) is 1. The van der Waals surface area contributed by atoms with E-state index < -0.39 is 9.84 Å². The van der Waals surface area contributed by atoms with Crippen molar-refractivity contribution in [1.29, 1.82) is 0 Å².